The number of ether oxygens (including phenoxy) is 6. The average Bonchev–Trinajstić information content (AvgIpc) is 3.87. The molecule has 2 aliphatic rings. The minimum atomic E-state index is -1.07. The Balaban J connectivity index is 0.696. The van der Waals surface area contributed by atoms with E-state index in [1.54, 1.807) is 24.3 Å². The number of rotatable bonds is 24. The summed E-state index contributed by atoms with van der Waals surface area (Å²) in [6.07, 6.45) is 1.33. The van der Waals surface area contributed by atoms with E-state index in [-0.39, 0.29) is 37.9 Å². The van der Waals surface area contributed by atoms with Crippen molar-refractivity contribution in [3.8, 4) is 27.4 Å². The van der Waals surface area contributed by atoms with Gasteiger partial charge in [-0.1, -0.05) is 24.3 Å². The number of hydrogen-bond donors (Lipinski definition) is 2. The zero-order valence-electron chi connectivity index (χ0n) is 35.9. The molecule has 4 amide bonds. The number of carbonyl (C=O) groups excluding carboxylic acids is 3. The average molecular weight is 897 g/mol. The van der Waals surface area contributed by atoms with Crippen LogP contribution in [0.4, 0.5) is 16.3 Å². The molecule has 7 rings (SSSR count). The van der Waals surface area contributed by atoms with Crippen LogP contribution < -0.4 is 19.9 Å². The van der Waals surface area contributed by atoms with Gasteiger partial charge < -0.3 is 43.3 Å². The number of aromatic nitrogens is 2. The van der Waals surface area contributed by atoms with Gasteiger partial charge in [-0.05, 0) is 66.1 Å². The first-order valence-electron chi connectivity index (χ1n) is 21.1. The molecule has 0 saturated carbocycles. The van der Waals surface area contributed by atoms with Crippen LogP contribution in [0.25, 0.3) is 31.9 Å². The Hall–Kier alpha value is -6.02. The molecule has 2 aliphatic heterocycles. The summed E-state index contributed by atoms with van der Waals surface area (Å²) < 4.78 is 34.6. The number of hydrogen-bond acceptors (Lipinski definition) is 14. The number of amides is 4. The molecule has 0 radical (unpaired) electrons. The lowest BCUT2D eigenvalue weighted by atomic mass is 10.0. The molecule has 1 unspecified atom stereocenters. The summed E-state index contributed by atoms with van der Waals surface area (Å²) in [5.74, 6) is 0.519. The molecule has 0 aliphatic carbocycles. The van der Waals surface area contributed by atoms with Gasteiger partial charge in [0.2, 0.25) is 11.8 Å². The summed E-state index contributed by atoms with van der Waals surface area (Å²) in [7, 11) is 3.92. The summed E-state index contributed by atoms with van der Waals surface area (Å²) in [4.78, 5) is 62.8. The number of benzene rings is 3. The Bertz CT molecular complexity index is 2380. The van der Waals surface area contributed by atoms with Crippen LogP contribution in [-0.2, 0) is 39.8 Å². The van der Waals surface area contributed by atoms with E-state index >= 15 is 0 Å². The second-order valence-electron chi connectivity index (χ2n) is 15.1. The number of nitrogens with one attached hydrogen (secondary N) is 1. The minimum Gasteiger partial charge on any atom is -0.491 e. The number of thiazole rings is 1. The molecule has 1 fully saturated rings. The first-order valence-corrected chi connectivity index (χ1v) is 21.9. The lowest BCUT2D eigenvalue weighted by Gasteiger charge is -2.29. The van der Waals surface area contributed by atoms with Crippen LogP contribution in [0.15, 0.2) is 79.0 Å². The van der Waals surface area contributed by atoms with Gasteiger partial charge in [0.1, 0.15) is 29.2 Å². The van der Waals surface area contributed by atoms with Crippen LogP contribution in [0.5, 0.6) is 5.75 Å². The van der Waals surface area contributed by atoms with Crippen LogP contribution in [0.2, 0.25) is 0 Å². The molecule has 338 valence electrons. The maximum absolute atomic E-state index is 12.9. The van der Waals surface area contributed by atoms with Gasteiger partial charge in [-0.15, -0.1) is 11.3 Å². The number of carboxylic acid groups (broad SMARTS) is 1. The molecule has 1 atom stereocenters. The van der Waals surface area contributed by atoms with Gasteiger partial charge in [-0.3, -0.25) is 24.6 Å². The number of pyridine rings is 1. The van der Waals surface area contributed by atoms with Gasteiger partial charge in [-0.2, -0.15) is 0 Å². The molecule has 0 spiro atoms. The summed E-state index contributed by atoms with van der Waals surface area (Å²) >= 11 is 1.51. The van der Waals surface area contributed by atoms with Gasteiger partial charge in [0.25, 0.3) is 5.91 Å². The predicted octanol–water partition coefficient (Wildman–Crippen LogP) is 5.50. The van der Waals surface area contributed by atoms with Crippen molar-refractivity contribution >= 4 is 56.9 Å². The minimum absolute atomic E-state index is 0.162. The highest BCUT2D eigenvalue weighted by Crippen LogP contribution is 2.34. The molecule has 2 aromatic heterocycles. The zero-order chi connectivity index (χ0) is 44.8. The topological polar surface area (TPSA) is 191 Å². The smallest absolute Gasteiger partial charge is 0.411 e. The van der Waals surface area contributed by atoms with Crippen LogP contribution in [0.1, 0.15) is 28.8 Å². The fourth-order valence-corrected chi connectivity index (χ4v) is 8.17. The fraction of sp³-hybridized carbons (Fsp3) is 0.391. The lowest BCUT2D eigenvalue weighted by molar-refractivity contribution is -0.136. The summed E-state index contributed by atoms with van der Waals surface area (Å²) in [6, 6.07) is 22.2. The second kappa shape index (κ2) is 22.6. The van der Waals surface area contributed by atoms with Gasteiger partial charge in [0.15, 0.2) is 0 Å². The third-order valence-electron chi connectivity index (χ3n) is 10.5. The van der Waals surface area contributed by atoms with Crippen LogP contribution >= 0.6 is 11.3 Å². The van der Waals surface area contributed by atoms with Crippen molar-refractivity contribution in [3.63, 3.8) is 0 Å². The van der Waals surface area contributed by atoms with Crippen molar-refractivity contribution in [1.82, 2.24) is 20.2 Å². The first-order chi connectivity index (χ1) is 31.1. The van der Waals surface area contributed by atoms with E-state index in [1.807, 2.05) is 55.5 Å². The Morgan fingerprint density at radius 3 is 2.05 bits per heavy atom. The predicted molar refractivity (Wildman–Crippen MR) is 240 cm³/mol. The Labute approximate surface area is 374 Å². The van der Waals surface area contributed by atoms with E-state index in [9.17, 15) is 24.3 Å². The van der Waals surface area contributed by atoms with E-state index in [4.69, 9.17) is 33.4 Å². The summed E-state index contributed by atoms with van der Waals surface area (Å²) in [6.45, 7) is 4.37. The fourth-order valence-electron chi connectivity index (χ4n) is 7.16. The summed E-state index contributed by atoms with van der Waals surface area (Å²) in [5.41, 5.74) is 5.73. The lowest BCUT2D eigenvalue weighted by Crippen LogP contribution is -2.52. The standard InChI is InChI=1S/C46H52N6O11S/c1-50(2)41-13-7-33(29-47-41)31-3-5-32(6-4-31)44-48-38-11-8-35(28-40(38)64-44)51(46(56)57)15-16-58-17-18-59-19-20-60-21-22-61-23-24-62-25-26-63-36-9-10-37-34(27-36)30-52(45(37)55)39-12-14-42(53)49-43(39)54/h3-11,13,27-29,39H,12,14-26,30H2,1-2H3,(H,56,57)(H,49,53,54). The Morgan fingerprint density at radius 2 is 1.42 bits per heavy atom. The maximum Gasteiger partial charge on any atom is 0.411 e. The highest BCUT2D eigenvalue weighted by atomic mass is 32.1. The number of fused-ring (bicyclic) bond motifs is 2. The molecule has 4 heterocycles. The third-order valence-corrected chi connectivity index (χ3v) is 11.6. The quantitative estimate of drug-likeness (QED) is 0.0583. The maximum atomic E-state index is 12.9. The largest absolute Gasteiger partial charge is 0.491 e. The Kier molecular flexibility index (Phi) is 16.2. The van der Waals surface area contributed by atoms with Crippen molar-refractivity contribution in [2.75, 3.05) is 103 Å². The molecule has 64 heavy (non-hydrogen) atoms. The van der Waals surface area contributed by atoms with Crippen molar-refractivity contribution in [2.24, 2.45) is 0 Å². The normalized spacial score (nSPS) is 14.8. The molecule has 18 heteroatoms. The number of anilines is 2. The molecular formula is C46H52N6O11S. The van der Waals surface area contributed by atoms with Crippen LogP contribution in [0, 0.1) is 0 Å². The van der Waals surface area contributed by atoms with Crippen molar-refractivity contribution in [2.45, 2.75) is 25.4 Å². The van der Waals surface area contributed by atoms with Gasteiger partial charge in [-0.25, -0.2) is 14.8 Å². The molecule has 2 N–H and O–H groups in total. The SMILES string of the molecule is CN(C)c1ccc(-c2ccc(-c3nc4ccc(N(CCOCCOCCOCCOCCOCCOc5ccc6c(c5)CN(C5CCC(=O)NC5=O)C6=O)C(=O)O)cc4s3)cc2)cn1. The molecule has 0 bridgehead atoms. The molecule has 17 nitrogen and oxygen atoms in total. The van der Waals surface area contributed by atoms with Crippen molar-refractivity contribution in [3.05, 3.63) is 90.1 Å². The van der Waals surface area contributed by atoms with E-state index in [0.29, 0.717) is 89.5 Å². The second-order valence-corrected chi connectivity index (χ2v) is 16.1. The zero-order valence-corrected chi connectivity index (χ0v) is 36.7. The van der Waals surface area contributed by atoms with E-state index in [0.717, 1.165) is 43.3 Å². The number of piperidine rings is 1. The Morgan fingerprint density at radius 1 is 0.781 bits per heavy atom. The molecule has 5 aromatic rings. The number of nitrogens with zero attached hydrogens (tertiary/aromatic N) is 5. The monoisotopic (exact) mass is 896 g/mol. The summed E-state index contributed by atoms with van der Waals surface area (Å²) in [5, 5.41) is 13.1. The van der Waals surface area contributed by atoms with E-state index < -0.39 is 18.0 Å². The highest BCUT2D eigenvalue weighted by Gasteiger charge is 2.39. The van der Waals surface area contributed by atoms with Gasteiger partial charge in [0, 0.05) is 55.6 Å². The van der Waals surface area contributed by atoms with Crippen molar-refractivity contribution in [1.29, 1.82) is 0 Å². The highest BCUT2D eigenvalue weighted by molar-refractivity contribution is 7.21. The van der Waals surface area contributed by atoms with Crippen molar-refractivity contribution < 1.29 is 52.7 Å². The molecule has 1 saturated heterocycles. The number of carbonyl (C=O) groups is 4. The van der Waals surface area contributed by atoms with Gasteiger partial charge >= 0.3 is 6.09 Å². The van der Waals surface area contributed by atoms with Gasteiger partial charge in [0.05, 0.1) is 82.8 Å². The first kappa shape index (κ1) is 46.0. The van der Waals surface area contributed by atoms with E-state index in [2.05, 4.69) is 28.5 Å². The molecule has 3 aromatic carbocycles. The van der Waals surface area contributed by atoms with Crippen LogP contribution in [0.3, 0.4) is 0 Å². The number of imide groups is 1. The van der Waals surface area contributed by atoms with E-state index in [1.165, 1.54) is 21.1 Å². The molecular weight excluding hydrogens is 845 g/mol. The van der Waals surface area contributed by atoms with Crippen LogP contribution in [-0.4, -0.2) is 143 Å². The third kappa shape index (κ3) is 12.2.